The van der Waals surface area contributed by atoms with E-state index in [0.717, 1.165) is 23.5 Å². The van der Waals surface area contributed by atoms with Crippen LogP contribution in [0.1, 0.15) is 36.4 Å². The van der Waals surface area contributed by atoms with E-state index in [1.807, 2.05) is 5.38 Å². The molecule has 0 spiro atoms. The number of aromatic nitrogens is 1. The Morgan fingerprint density at radius 1 is 1.57 bits per heavy atom. The van der Waals surface area contributed by atoms with Crippen LogP contribution in [-0.2, 0) is 12.0 Å². The molecule has 0 aromatic carbocycles. The van der Waals surface area contributed by atoms with Gasteiger partial charge in [0.1, 0.15) is 5.01 Å². The summed E-state index contributed by atoms with van der Waals surface area (Å²) in [5.41, 5.74) is 7.04. The van der Waals surface area contributed by atoms with Crippen LogP contribution in [0.2, 0.25) is 0 Å². The highest BCUT2D eigenvalue weighted by atomic mass is 32.1. The molecule has 0 saturated heterocycles. The molecule has 1 saturated carbocycles. The average Bonchev–Trinajstić information content (AvgIpc) is 2.75. The molecule has 14 heavy (non-hydrogen) atoms. The van der Waals surface area contributed by atoms with Crippen LogP contribution >= 0.6 is 11.3 Å². The molecule has 74 valence electrons. The lowest BCUT2D eigenvalue weighted by Gasteiger charge is -2.20. The lowest BCUT2D eigenvalue weighted by molar-refractivity contribution is 0.449. The summed E-state index contributed by atoms with van der Waals surface area (Å²) in [5.74, 6) is 0. The van der Waals surface area contributed by atoms with E-state index in [1.165, 1.54) is 12.8 Å². The molecule has 0 amide bonds. The van der Waals surface area contributed by atoms with E-state index in [9.17, 15) is 0 Å². The molecule has 4 heteroatoms. The molecule has 0 atom stereocenters. The second-order valence-corrected chi connectivity index (χ2v) is 4.77. The Bertz CT molecular complexity index is 358. The van der Waals surface area contributed by atoms with Crippen molar-refractivity contribution in [2.75, 3.05) is 0 Å². The molecule has 2 N–H and O–H groups in total. The Kier molecular flexibility index (Phi) is 2.53. The van der Waals surface area contributed by atoms with E-state index in [2.05, 4.69) is 11.1 Å². The van der Waals surface area contributed by atoms with Gasteiger partial charge in [0.15, 0.2) is 0 Å². The van der Waals surface area contributed by atoms with Gasteiger partial charge in [-0.2, -0.15) is 5.26 Å². The maximum absolute atomic E-state index is 8.54. The predicted octanol–water partition coefficient (Wildman–Crippen LogP) is 1.94. The average molecular weight is 207 g/mol. The molecule has 0 radical (unpaired) electrons. The van der Waals surface area contributed by atoms with E-state index in [4.69, 9.17) is 11.0 Å². The molecular formula is C10H13N3S. The van der Waals surface area contributed by atoms with Crippen molar-refractivity contribution in [1.82, 2.24) is 4.98 Å². The molecule has 1 aliphatic rings. The van der Waals surface area contributed by atoms with Crippen molar-refractivity contribution < 1.29 is 0 Å². The Morgan fingerprint density at radius 2 is 2.29 bits per heavy atom. The van der Waals surface area contributed by atoms with Gasteiger partial charge in [-0.25, -0.2) is 4.98 Å². The number of hydrogen-bond acceptors (Lipinski definition) is 4. The molecule has 0 unspecified atom stereocenters. The molecular weight excluding hydrogens is 194 g/mol. The molecule has 0 bridgehead atoms. The van der Waals surface area contributed by atoms with Crippen LogP contribution in [0.5, 0.6) is 0 Å². The molecule has 0 aliphatic heterocycles. The summed E-state index contributed by atoms with van der Waals surface area (Å²) < 4.78 is 0. The van der Waals surface area contributed by atoms with Crippen molar-refractivity contribution in [1.29, 1.82) is 5.26 Å². The van der Waals surface area contributed by atoms with Crippen molar-refractivity contribution in [2.45, 2.75) is 37.6 Å². The van der Waals surface area contributed by atoms with Crippen molar-refractivity contribution >= 4 is 11.3 Å². The molecule has 1 aromatic heterocycles. The van der Waals surface area contributed by atoms with Crippen LogP contribution in [0.3, 0.4) is 0 Å². The van der Waals surface area contributed by atoms with Crippen LogP contribution in [-0.4, -0.2) is 4.98 Å². The standard InChI is InChI=1S/C10H13N3S/c11-6-3-9-13-8(7-14-9)10(12)4-1-2-5-10/h7H,1-5,12H2. The van der Waals surface area contributed by atoms with Crippen LogP contribution in [0.4, 0.5) is 0 Å². The SMILES string of the molecule is N#CCc1nc(C2(N)CCCC2)cs1. The first-order valence-electron chi connectivity index (χ1n) is 4.85. The largest absolute Gasteiger partial charge is 0.320 e. The van der Waals surface area contributed by atoms with Gasteiger partial charge in [0, 0.05) is 5.38 Å². The van der Waals surface area contributed by atoms with Gasteiger partial charge in [0.2, 0.25) is 0 Å². The zero-order chi connectivity index (χ0) is 10.0. The highest BCUT2D eigenvalue weighted by Gasteiger charge is 2.33. The molecule has 1 heterocycles. The summed E-state index contributed by atoms with van der Waals surface area (Å²) in [6.45, 7) is 0. The summed E-state index contributed by atoms with van der Waals surface area (Å²) in [6.07, 6.45) is 4.86. The van der Waals surface area contributed by atoms with Crippen LogP contribution < -0.4 is 5.73 Å². The van der Waals surface area contributed by atoms with Crippen LogP contribution in [0, 0.1) is 11.3 Å². The Hall–Kier alpha value is -0.920. The number of thiazole rings is 1. The third-order valence-corrected chi connectivity index (χ3v) is 3.64. The number of rotatable bonds is 2. The summed E-state index contributed by atoms with van der Waals surface area (Å²) in [4.78, 5) is 4.42. The number of nitrogens with zero attached hydrogens (tertiary/aromatic N) is 2. The molecule has 1 fully saturated rings. The van der Waals surface area contributed by atoms with Crippen LogP contribution in [0.15, 0.2) is 5.38 Å². The number of nitrogens with two attached hydrogens (primary N) is 1. The smallest absolute Gasteiger partial charge is 0.107 e. The zero-order valence-electron chi connectivity index (χ0n) is 7.99. The minimum absolute atomic E-state index is 0.204. The normalized spacial score (nSPS) is 19.4. The Labute approximate surface area is 87.6 Å². The molecule has 3 nitrogen and oxygen atoms in total. The highest BCUT2D eigenvalue weighted by molar-refractivity contribution is 7.09. The first-order valence-corrected chi connectivity index (χ1v) is 5.73. The lowest BCUT2D eigenvalue weighted by Crippen LogP contribution is -2.33. The third kappa shape index (κ3) is 1.66. The van der Waals surface area contributed by atoms with Crippen molar-refractivity contribution in [3.05, 3.63) is 16.1 Å². The third-order valence-electron chi connectivity index (χ3n) is 2.79. The van der Waals surface area contributed by atoms with E-state index >= 15 is 0 Å². The topological polar surface area (TPSA) is 62.7 Å². The number of hydrogen-bond donors (Lipinski definition) is 1. The van der Waals surface area contributed by atoms with E-state index in [-0.39, 0.29) is 5.54 Å². The van der Waals surface area contributed by atoms with E-state index in [0.29, 0.717) is 6.42 Å². The van der Waals surface area contributed by atoms with E-state index < -0.39 is 0 Å². The van der Waals surface area contributed by atoms with Gasteiger partial charge in [0.25, 0.3) is 0 Å². The van der Waals surface area contributed by atoms with Crippen LogP contribution in [0.25, 0.3) is 0 Å². The molecule has 2 rings (SSSR count). The highest BCUT2D eigenvalue weighted by Crippen LogP contribution is 2.36. The van der Waals surface area contributed by atoms with Gasteiger partial charge in [-0.3, -0.25) is 0 Å². The minimum atomic E-state index is -0.204. The molecule has 1 aliphatic carbocycles. The Morgan fingerprint density at radius 3 is 2.93 bits per heavy atom. The summed E-state index contributed by atoms with van der Waals surface area (Å²) in [7, 11) is 0. The first-order chi connectivity index (χ1) is 6.74. The van der Waals surface area contributed by atoms with Gasteiger partial charge in [-0.15, -0.1) is 11.3 Å². The second-order valence-electron chi connectivity index (χ2n) is 3.82. The zero-order valence-corrected chi connectivity index (χ0v) is 8.81. The van der Waals surface area contributed by atoms with Crippen molar-refractivity contribution in [3.8, 4) is 6.07 Å². The lowest BCUT2D eigenvalue weighted by atomic mass is 9.96. The monoisotopic (exact) mass is 207 g/mol. The van der Waals surface area contributed by atoms with Gasteiger partial charge in [-0.1, -0.05) is 12.8 Å². The maximum atomic E-state index is 8.54. The fraction of sp³-hybridized carbons (Fsp3) is 0.600. The number of nitriles is 1. The van der Waals surface area contributed by atoms with Gasteiger partial charge in [-0.05, 0) is 12.8 Å². The van der Waals surface area contributed by atoms with Crippen molar-refractivity contribution in [3.63, 3.8) is 0 Å². The van der Waals surface area contributed by atoms with Crippen molar-refractivity contribution in [2.24, 2.45) is 5.73 Å². The first kappa shape index (κ1) is 9.63. The Balaban J connectivity index is 2.20. The fourth-order valence-corrected chi connectivity index (χ4v) is 2.78. The fourth-order valence-electron chi connectivity index (χ4n) is 1.95. The quantitative estimate of drug-likeness (QED) is 0.806. The maximum Gasteiger partial charge on any atom is 0.107 e. The summed E-state index contributed by atoms with van der Waals surface area (Å²) in [5, 5.41) is 11.4. The van der Waals surface area contributed by atoms with Gasteiger partial charge < -0.3 is 5.73 Å². The second kappa shape index (κ2) is 3.68. The minimum Gasteiger partial charge on any atom is -0.320 e. The summed E-state index contributed by atoms with van der Waals surface area (Å²) in [6, 6.07) is 2.11. The summed E-state index contributed by atoms with van der Waals surface area (Å²) >= 11 is 1.55. The van der Waals surface area contributed by atoms with E-state index in [1.54, 1.807) is 11.3 Å². The predicted molar refractivity (Wildman–Crippen MR) is 55.8 cm³/mol. The van der Waals surface area contributed by atoms with Gasteiger partial charge in [0.05, 0.1) is 23.7 Å². The molecule has 1 aromatic rings. The van der Waals surface area contributed by atoms with Gasteiger partial charge >= 0.3 is 0 Å².